The molecule has 0 rings (SSSR count). The van der Waals surface area contributed by atoms with Crippen LogP contribution in [-0.2, 0) is 4.43 Å². The van der Waals surface area contributed by atoms with Gasteiger partial charge in [-0.05, 0) is 31.1 Å². The van der Waals surface area contributed by atoms with Gasteiger partial charge in [0.05, 0.1) is 12.4 Å². The van der Waals surface area contributed by atoms with Crippen molar-refractivity contribution in [1.29, 1.82) is 0 Å². The van der Waals surface area contributed by atoms with E-state index in [1.54, 1.807) is 19.3 Å². The minimum Gasteiger partial charge on any atom is -0.549 e. The van der Waals surface area contributed by atoms with Crippen LogP contribution in [0.15, 0.2) is 12.3 Å². The molecule has 2 nitrogen and oxygen atoms in total. The third kappa shape index (κ3) is 4.48. The molecule has 0 heterocycles. The van der Waals surface area contributed by atoms with Gasteiger partial charge in [-0.3, -0.25) is 0 Å². The molecule has 0 radical (unpaired) electrons. The van der Waals surface area contributed by atoms with E-state index in [1.807, 2.05) is 0 Å². The van der Waals surface area contributed by atoms with Crippen LogP contribution < -0.4 is 0 Å². The monoisotopic (exact) mass is 202 g/mol. The van der Waals surface area contributed by atoms with Crippen molar-refractivity contribution in [2.75, 3.05) is 0 Å². The summed E-state index contributed by atoms with van der Waals surface area (Å²) in [5, 5.41) is 9.22. The number of rotatable bonds is 3. The molecule has 0 bridgehead atoms. The van der Waals surface area contributed by atoms with Crippen molar-refractivity contribution in [1.82, 2.24) is 0 Å². The van der Waals surface area contributed by atoms with Crippen LogP contribution in [0.4, 0.5) is 0 Å². The smallest absolute Gasteiger partial charge is 0.249 e. The average molecular weight is 202 g/mol. The molecule has 1 unspecified atom stereocenters. The Kier molecular flexibility index (Phi) is 4.19. The fourth-order valence-electron chi connectivity index (χ4n) is 0.500. The lowest BCUT2D eigenvalue weighted by Crippen LogP contribution is -2.39. The van der Waals surface area contributed by atoms with E-state index < -0.39 is 14.4 Å². The fraction of sp³-hybridized carbons (Fsp3) is 0.800. The molecule has 0 aromatic carbocycles. The highest BCUT2D eigenvalue weighted by Crippen LogP contribution is 2.36. The lowest BCUT2D eigenvalue weighted by molar-refractivity contribution is 0.240. The second-order valence-corrected chi connectivity index (χ2v) is 9.70. The van der Waals surface area contributed by atoms with Gasteiger partial charge < -0.3 is 9.53 Å². The van der Waals surface area contributed by atoms with Crippen LogP contribution >= 0.6 is 0 Å². The largest absolute Gasteiger partial charge is 0.549 e. The lowest BCUT2D eigenvalue weighted by atomic mass is 10.2. The Morgan fingerprint density at radius 3 is 2.08 bits per heavy atom. The highest BCUT2D eigenvalue weighted by atomic mass is 28.4. The Hall–Kier alpha value is -0.283. The molecule has 0 aromatic rings. The molecule has 0 spiro atoms. The first-order valence-electron chi connectivity index (χ1n) is 4.69. The van der Waals surface area contributed by atoms with Gasteiger partial charge in [-0.15, -0.1) is 0 Å². The third-order valence-corrected chi connectivity index (χ3v) is 6.86. The van der Waals surface area contributed by atoms with Crippen molar-refractivity contribution in [2.24, 2.45) is 0 Å². The predicted molar refractivity (Wildman–Crippen MR) is 59.1 cm³/mol. The summed E-state index contributed by atoms with van der Waals surface area (Å²) in [6.45, 7) is 12.6. The summed E-state index contributed by atoms with van der Waals surface area (Å²) in [6, 6.07) is 0. The molecule has 0 fully saturated rings. The van der Waals surface area contributed by atoms with E-state index in [1.165, 1.54) is 0 Å². The minimum atomic E-state index is -1.67. The van der Waals surface area contributed by atoms with Crippen molar-refractivity contribution in [3.8, 4) is 0 Å². The SMILES string of the molecule is CC(O)C=CO[Si](C)(C)C(C)(C)C. The first-order chi connectivity index (χ1) is 5.67. The maximum atomic E-state index is 9.00. The molecule has 0 saturated carbocycles. The van der Waals surface area contributed by atoms with Crippen LogP contribution in [0, 0.1) is 0 Å². The van der Waals surface area contributed by atoms with Gasteiger partial charge in [-0.2, -0.15) is 0 Å². The minimum absolute atomic E-state index is 0.218. The normalized spacial score (nSPS) is 16.2. The molecule has 0 aromatic heterocycles. The zero-order chi connectivity index (χ0) is 10.7. The summed E-state index contributed by atoms with van der Waals surface area (Å²) in [7, 11) is -1.67. The summed E-state index contributed by atoms with van der Waals surface area (Å²) in [5.74, 6) is 0. The Morgan fingerprint density at radius 1 is 1.31 bits per heavy atom. The molecule has 0 aliphatic heterocycles. The van der Waals surface area contributed by atoms with Gasteiger partial charge in [-0.1, -0.05) is 20.8 Å². The Labute approximate surface area is 82.7 Å². The second kappa shape index (κ2) is 4.29. The lowest BCUT2D eigenvalue weighted by Gasteiger charge is -2.35. The quantitative estimate of drug-likeness (QED) is 0.563. The van der Waals surface area contributed by atoms with Crippen molar-refractivity contribution in [3.63, 3.8) is 0 Å². The Bertz CT molecular complexity index is 178. The van der Waals surface area contributed by atoms with Gasteiger partial charge >= 0.3 is 0 Å². The van der Waals surface area contributed by atoms with E-state index in [0.717, 1.165) is 0 Å². The van der Waals surface area contributed by atoms with Crippen LogP contribution in [0.2, 0.25) is 18.1 Å². The van der Waals surface area contributed by atoms with Crippen molar-refractivity contribution in [3.05, 3.63) is 12.3 Å². The van der Waals surface area contributed by atoms with Gasteiger partial charge in [0.1, 0.15) is 0 Å². The third-order valence-electron chi connectivity index (χ3n) is 2.53. The van der Waals surface area contributed by atoms with Crippen LogP contribution in [-0.4, -0.2) is 19.5 Å². The zero-order valence-electron chi connectivity index (χ0n) is 9.59. The molecule has 0 amide bonds. The molecule has 0 aliphatic rings. The van der Waals surface area contributed by atoms with Crippen molar-refractivity contribution >= 4 is 8.32 Å². The highest BCUT2D eigenvalue weighted by molar-refractivity contribution is 6.74. The molecule has 78 valence electrons. The zero-order valence-corrected chi connectivity index (χ0v) is 10.6. The molecule has 1 N–H and O–H groups in total. The van der Waals surface area contributed by atoms with E-state index in [2.05, 4.69) is 33.9 Å². The van der Waals surface area contributed by atoms with Crippen LogP contribution in [0.5, 0.6) is 0 Å². The first kappa shape index (κ1) is 12.7. The highest BCUT2D eigenvalue weighted by Gasteiger charge is 2.37. The summed E-state index contributed by atoms with van der Waals surface area (Å²) in [4.78, 5) is 0. The Morgan fingerprint density at radius 2 is 1.77 bits per heavy atom. The second-order valence-electron chi connectivity index (χ2n) is 4.95. The fourth-order valence-corrected chi connectivity index (χ4v) is 1.27. The Balaban J connectivity index is 4.20. The summed E-state index contributed by atoms with van der Waals surface area (Å²) in [5.41, 5.74) is 0. The molecule has 3 heteroatoms. The summed E-state index contributed by atoms with van der Waals surface area (Å²) >= 11 is 0. The molecular formula is C10H22O2Si. The van der Waals surface area contributed by atoms with Gasteiger partial charge in [0.15, 0.2) is 0 Å². The number of aliphatic hydroxyl groups excluding tert-OH is 1. The molecule has 13 heavy (non-hydrogen) atoms. The first-order valence-corrected chi connectivity index (χ1v) is 7.60. The van der Waals surface area contributed by atoms with E-state index in [-0.39, 0.29) is 5.04 Å². The van der Waals surface area contributed by atoms with Crippen molar-refractivity contribution in [2.45, 2.75) is 51.9 Å². The van der Waals surface area contributed by atoms with Crippen LogP contribution in [0.3, 0.4) is 0 Å². The van der Waals surface area contributed by atoms with E-state index in [4.69, 9.17) is 9.53 Å². The number of hydrogen-bond donors (Lipinski definition) is 1. The summed E-state index contributed by atoms with van der Waals surface area (Å²) < 4.78 is 5.70. The molecule has 1 atom stereocenters. The van der Waals surface area contributed by atoms with Gasteiger partial charge in [0, 0.05) is 0 Å². The predicted octanol–water partition coefficient (Wildman–Crippen LogP) is 2.90. The summed E-state index contributed by atoms with van der Waals surface area (Å²) in [6.07, 6.45) is 2.88. The molecule has 0 saturated heterocycles. The maximum Gasteiger partial charge on any atom is 0.249 e. The number of hydrogen-bond acceptors (Lipinski definition) is 2. The molecular weight excluding hydrogens is 180 g/mol. The van der Waals surface area contributed by atoms with E-state index >= 15 is 0 Å². The average Bonchev–Trinajstić information content (AvgIpc) is 1.82. The molecule has 0 aliphatic carbocycles. The van der Waals surface area contributed by atoms with Gasteiger partial charge in [0.25, 0.3) is 0 Å². The van der Waals surface area contributed by atoms with Crippen LogP contribution in [0.25, 0.3) is 0 Å². The standard InChI is InChI=1S/C10H22O2Si/c1-9(11)7-8-12-13(5,6)10(2,3)4/h7-9,11H,1-6H3. The van der Waals surface area contributed by atoms with Crippen molar-refractivity contribution < 1.29 is 9.53 Å². The van der Waals surface area contributed by atoms with Gasteiger partial charge in [0.2, 0.25) is 8.32 Å². The van der Waals surface area contributed by atoms with Crippen LogP contribution in [0.1, 0.15) is 27.7 Å². The van der Waals surface area contributed by atoms with E-state index in [0.29, 0.717) is 0 Å². The topological polar surface area (TPSA) is 29.5 Å². The maximum absolute atomic E-state index is 9.00. The number of aliphatic hydroxyl groups is 1. The van der Waals surface area contributed by atoms with E-state index in [9.17, 15) is 0 Å². The van der Waals surface area contributed by atoms with Gasteiger partial charge in [-0.25, -0.2) is 0 Å².